The van der Waals surface area contributed by atoms with Gasteiger partial charge in [0.1, 0.15) is 22.3 Å². The fraction of sp³-hybridized carbons (Fsp3) is 0. The smallest absolute Gasteiger partial charge is 0.137 e. The maximum absolute atomic E-state index is 6.31. The van der Waals surface area contributed by atoms with Crippen LogP contribution in [0.1, 0.15) is 0 Å². The predicted octanol–water partition coefficient (Wildman–Crippen LogP) is 11.8. The first-order chi connectivity index (χ1) is 21.3. The standard InChI is InChI=1S/C40H25NO2/c1-2-9-27-22-29(17-16-26(27)8-1)28-10-7-11-30(23-28)41(31-18-20-35-33-12-3-5-14-37(33)42-39(35)24-31)32-19-21-36-34-13-4-6-15-38(34)43-40(36)25-32/h1-25H. The summed E-state index contributed by atoms with van der Waals surface area (Å²) < 4.78 is 12.6. The van der Waals surface area contributed by atoms with E-state index in [-0.39, 0.29) is 0 Å². The summed E-state index contributed by atoms with van der Waals surface area (Å²) in [7, 11) is 0. The van der Waals surface area contributed by atoms with Crippen molar-refractivity contribution in [3.63, 3.8) is 0 Å². The van der Waals surface area contributed by atoms with E-state index in [2.05, 4.69) is 132 Å². The van der Waals surface area contributed by atoms with E-state index in [0.29, 0.717) is 0 Å². The van der Waals surface area contributed by atoms with Crippen LogP contribution in [0, 0.1) is 0 Å². The number of nitrogens with zero attached hydrogens (tertiary/aromatic N) is 1. The minimum absolute atomic E-state index is 0.860. The van der Waals surface area contributed by atoms with Gasteiger partial charge in [0.15, 0.2) is 0 Å². The van der Waals surface area contributed by atoms with Crippen molar-refractivity contribution in [2.45, 2.75) is 0 Å². The Bertz CT molecular complexity index is 2370. The highest BCUT2D eigenvalue weighted by Crippen LogP contribution is 2.41. The fourth-order valence-electron chi connectivity index (χ4n) is 6.35. The Morgan fingerprint density at radius 1 is 0.326 bits per heavy atom. The minimum atomic E-state index is 0.860. The highest BCUT2D eigenvalue weighted by molar-refractivity contribution is 6.07. The second kappa shape index (κ2) is 9.37. The van der Waals surface area contributed by atoms with Crippen molar-refractivity contribution in [3.8, 4) is 11.1 Å². The van der Waals surface area contributed by atoms with E-state index in [9.17, 15) is 0 Å². The molecule has 2 heterocycles. The number of rotatable bonds is 4. The number of hydrogen-bond donors (Lipinski definition) is 0. The van der Waals surface area contributed by atoms with Crippen LogP contribution in [0.15, 0.2) is 160 Å². The first-order valence-corrected chi connectivity index (χ1v) is 14.5. The van der Waals surface area contributed by atoms with Gasteiger partial charge in [-0.1, -0.05) is 84.9 Å². The van der Waals surface area contributed by atoms with Crippen LogP contribution in [-0.2, 0) is 0 Å². The molecule has 0 unspecified atom stereocenters. The van der Waals surface area contributed by atoms with Crippen molar-refractivity contribution in [1.82, 2.24) is 0 Å². The lowest BCUT2D eigenvalue weighted by molar-refractivity contribution is 0.669. The van der Waals surface area contributed by atoms with Crippen LogP contribution in [0.5, 0.6) is 0 Å². The third kappa shape index (κ3) is 3.90. The normalized spacial score (nSPS) is 11.7. The zero-order valence-corrected chi connectivity index (χ0v) is 23.2. The second-order valence-corrected chi connectivity index (χ2v) is 11.0. The van der Waals surface area contributed by atoms with Gasteiger partial charge in [-0.25, -0.2) is 0 Å². The van der Waals surface area contributed by atoms with Crippen LogP contribution in [0.25, 0.3) is 65.8 Å². The summed E-state index contributed by atoms with van der Waals surface area (Å²) in [6.07, 6.45) is 0. The Balaban J connectivity index is 1.24. The molecule has 0 aliphatic carbocycles. The predicted molar refractivity (Wildman–Crippen MR) is 179 cm³/mol. The Morgan fingerprint density at radius 2 is 0.860 bits per heavy atom. The molecule has 9 rings (SSSR count). The van der Waals surface area contributed by atoms with E-state index < -0.39 is 0 Å². The Hall–Kier alpha value is -5.80. The average Bonchev–Trinajstić information content (AvgIpc) is 3.62. The van der Waals surface area contributed by atoms with E-state index in [1.54, 1.807) is 0 Å². The summed E-state index contributed by atoms with van der Waals surface area (Å²) in [5.41, 5.74) is 8.92. The molecule has 9 aromatic rings. The highest BCUT2D eigenvalue weighted by atomic mass is 16.3. The van der Waals surface area contributed by atoms with E-state index in [1.165, 1.54) is 16.3 Å². The highest BCUT2D eigenvalue weighted by Gasteiger charge is 2.18. The lowest BCUT2D eigenvalue weighted by Gasteiger charge is -2.26. The molecule has 0 fully saturated rings. The Labute approximate surface area is 247 Å². The third-order valence-electron chi connectivity index (χ3n) is 8.43. The Morgan fingerprint density at radius 3 is 1.53 bits per heavy atom. The molecule has 3 heteroatoms. The van der Waals surface area contributed by atoms with E-state index in [4.69, 9.17) is 8.83 Å². The number of furan rings is 2. The molecule has 202 valence electrons. The molecule has 0 saturated carbocycles. The van der Waals surface area contributed by atoms with Gasteiger partial charge in [-0.05, 0) is 76.5 Å². The maximum Gasteiger partial charge on any atom is 0.137 e. The van der Waals surface area contributed by atoms with Crippen molar-refractivity contribution in [3.05, 3.63) is 152 Å². The number of hydrogen-bond acceptors (Lipinski definition) is 3. The van der Waals surface area contributed by atoms with E-state index >= 15 is 0 Å². The quantitative estimate of drug-likeness (QED) is 0.218. The molecule has 0 saturated heterocycles. The van der Waals surface area contributed by atoms with Gasteiger partial charge in [0.05, 0.1) is 0 Å². The Kier molecular flexibility index (Phi) is 5.20. The molecule has 0 aliphatic rings. The first-order valence-electron chi connectivity index (χ1n) is 14.5. The van der Waals surface area contributed by atoms with Crippen molar-refractivity contribution >= 4 is 71.7 Å². The molecule has 2 aromatic heterocycles. The molecule has 3 nitrogen and oxygen atoms in total. The van der Waals surface area contributed by atoms with Crippen molar-refractivity contribution < 1.29 is 8.83 Å². The summed E-state index contributed by atoms with van der Waals surface area (Å²) >= 11 is 0. The molecule has 0 aliphatic heterocycles. The number of anilines is 3. The van der Waals surface area contributed by atoms with Crippen LogP contribution in [-0.4, -0.2) is 0 Å². The van der Waals surface area contributed by atoms with Gasteiger partial charge in [-0.3, -0.25) is 0 Å². The third-order valence-corrected chi connectivity index (χ3v) is 8.43. The SMILES string of the molecule is c1cc(-c2ccc3ccccc3c2)cc(N(c2ccc3c(c2)oc2ccccc23)c2ccc3c(c2)oc2ccccc23)c1. The second-order valence-electron chi connectivity index (χ2n) is 11.0. The molecule has 43 heavy (non-hydrogen) atoms. The molecular formula is C40H25NO2. The van der Waals surface area contributed by atoms with Crippen LogP contribution in [0.3, 0.4) is 0 Å². The largest absolute Gasteiger partial charge is 0.456 e. The molecule has 0 bridgehead atoms. The van der Waals surface area contributed by atoms with Gasteiger partial charge >= 0.3 is 0 Å². The summed E-state index contributed by atoms with van der Waals surface area (Å²) in [5, 5.41) is 6.93. The summed E-state index contributed by atoms with van der Waals surface area (Å²) in [6, 6.07) is 53.2. The molecular weight excluding hydrogens is 526 g/mol. The average molecular weight is 552 g/mol. The molecule has 0 radical (unpaired) electrons. The minimum Gasteiger partial charge on any atom is -0.456 e. The molecule has 0 N–H and O–H groups in total. The number of fused-ring (bicyclic) bond motifs is 7. The van der Waals surface area contributed by atoms with Gasteiger partial charge in [0.25, 0.3) is 0 Å². The van der Waals surface area contributed by atoms with Gasteiger partial charge < -0.3 is 13.7 Å². The molecule has 0 amide bonds. The fourth-order valence-corrected chi connectivity index (χ4v) is 6.35. The van der Waals surface area contributed by atoms with Crippen LogP contribution >= 0.6 is 0 Å². The summed E-state index contributed by atoms with van der Waals surface area (Å²) in [6.45, 7) is 0. The zero-order chi connectivity index (χ0) is 28.3. The topological polar surface area (TPSA) is 29.5 Å². The summed E-state index contributed by atoms with van der Waals surface area (Å²) in [5.74, 6) is 0. The first kappa shape index (κ1) is 23.9. The van der Waals surface area contributed by atoms with Crippen molar-refractivity contribution in [2.75, 3.05) is 4.90 Å². The number of para-hydroxylation sites is 2. The zero-order valence-electron chi connectivity index (χ0n) is 23.2. The van der Waals surface area contributed by atoms with Gasteiger partial charge in [0.2, 0.25) is 0 Å². The monoisotopic (exact) mass is 551 g/mol. The van der Waals surface area contributed by atoms with Gasteiger partial charge in [-0.2, -0.15) is 0 Å². The molecule has 0 atom stereocenters. The summed E-state index contributed by atoms with van der Waals surface area (Å²) in [4.78, 5) is 2.28. The van der Waals surface area contributed by atoms with Crippen molar-refractivity contribution in [1.29, 1.82) is 0 Å². The van der Waals surface area contributed by atoms with Crippen LogP contribution in [0.2, 0.25) is 0 Å². The van der Waals surface area contributed by atoms with Crippen molar-refractivity contribution in [2.24, 2.45) is 0 Å². The lowest BCUT2D eigenvalue weighted by atomic mass is 10.0. The van der Waals surface area contributed by atoms with Crippen LogP contribution in [0.4, 0.5) is 17.1 Å². The molecule has 7 aromatic carbocycles. The molecule has 0 spiro atoms. The number of benzene rings is 7. The van der Waals surface area contributed by atoms with E-state index in [1.807, 2.05) is 24.3 Å². The lowest BCUT2D eigenvalue weighted by Crippen LogP contribution is -2.09. The van der Waals surface area contributed by atoms with E-state index in [0.717, 1.165) is 66.5 Å². The van der Waals surface area contributed by atoms with Crippen LogP contribution < -0.4 is 4.90 Å². The van der Waals surface area contributed by atoms with Gasteiger partial charge in [-0.15, -0.1) is 0 Å². The van der Waals surface area contributed by atoms with Gasteiger partial charge in [0, 0.05) is 50.7 Å². The maximum atomic E-state index is 6.31.